The first-order valence-electron chi connectivity index (χ1n) is 11.1. The topological polar surface area (TPSA) is 77.5 Å². The smallest absolute Gasteiger partial charge is 0.259 e. The number of nitrogens with zero attached hydrogens (tertiary/aromatic N) is 2. The lowest BCUT2D eigenvalue weighted by atomic mass is 9.69. The third kappa shape index (κ3) is 3.54. The Balaban J connectivity index is 1.77. The molecule has 2 heterocycles. The van der Waals surface area contributed by atoms with E-state index in [2.05, 4.69) is 0 Å². The molecule has 0 unspecified atom stereocenters. The lowest BCUT2D eigenvalue weighted by Crippen LogP contribution is -2.88. The van der Waals surface area contributed by atoms with Crippen LogP contribution in [-0.2, 0) is 19.1 Å². The maximum atomic E-state index is 13.2. The molecule has 2 aliphatic heterocycles. The van der Waals surface area contributed by atoms with Gasteiger partial charge in [-0.15, -0.1) is 0 Å². The highest BCUT2D eigenvalue weighted by molar-refractivity contribution is 6.12. The van der Waals surface area contributed by atoms with Crippen molar-refractivity contribution in [1.82, 2.24) is 0 Å². The highest BCUT2D eigenvalue weighted by atomic mass is 16.5. The summed E-state index contributed by atoms with van der Waals surface area (Å²) in [5, 5.41) is 0. The minimum absolute atomic E-state index is 0.141. The zero-order valence-electron chi connectivity index (χ0n) is 19.6. The number of hydrogen-bond donors (Lipinski definition) is 0. The van der Waals surface area contributed by atoms with Gasteiger partial charge in [-0.3, -0.25) is 14.5 Å². The SMILES string of the molecule is CCO[C@@H]1C(=O)N(c2ccc(OC)cc2)[C@@H]1[C@]1(C)[C@H](OCC)C(=O)N1c1ccc(OC)cc1. The number of hydrogen-bond acceptors (Lipinski definition) is 6. The van der Waals surface area contributed by atoms with E-state index in [1.807, 2.05) is 69.3 Å². The van der Waals surface area contributed by atoms with Gasteiger partial charge in [0.15, 0.2) is 12.2 Å². The Kier molecular flexibility index (Phi) is 6.32. The Morgan fingerprint density at radius 2 is 1.30 bits per heavy atom. The molecule has 0 bridgehead atoms. The van der Waals surface area contributed by atoms with Crippen molar-refractivity contribution in [3.05, 3.63) is 48.5 Å². The van der Waals surface area contributed by atoms with Crippen LogP contribution in [0.1, 0.15) is 20.8 Å². The monoisotopic (exact) mass is 454 g/mol. The van der Waals surface area contributed by atoms with Crippen LogP contribution in [0, 0.1) is 0 Å². The summed E-state index contributed by atoms with van der Waals surface area (Å²) < 4.78 is 22.3. The number of amides is 2. The fourth-order valence-corrected chi connectivity index (χ4v) is 4.89. The zero-order chi connectivity index (χ0) is 23.8. The lowest BCUT2D eigenvalue weighted by Gasteiger charge is -2.64. The van der Waals surface area contributed by atoms with Gasteiger partial charge in [0.2, 0.25) is 0 Å². The largest absolute Gasteiger partial charge is 0.497 e. The van der Waals surface area contributed by atoms with E-state index in [0.29, 0.717) is 36.1 Å². The van der Waals surface area contributed by atoms with E-state index in [-0.39, 0.29) is 11.8 Å². The van der Waals surface area contributed by atoms with Gasteiger partial charge in [-0.1, -0.05) is 0 Å². The van der Waals surface area contributed by atoms with E-state index in [0.717, 1.165) is 0 Å². The number of anilines is 2. The van der Waals surface area contributed by atoms with Crippen molar-refractivity contribution in [1.29, 1.82) is 0 Å². The second-order valence-electron chi connectivity index (χ2n) is 8.16. The van der Waals surface area contributed by atoms with Crippen LogP contribution in [0.3, 0.4) is 0 Å². The summed E-state index contributed by atoms with van der Waals surface area (Å²) in [5.74, 6) is 1.11. The normalized spacial score (nSPS) is 26.6. The van der Waals surface area contributed by atoms with E-state index in [1.165, 1.54) is 0 Å². The van der Waals surface area contributed by atoms with Crippen LogP contribution >= 0.6 is 0 Å². The van der Waals surface area contributed by atoms with Crippen molar-refractivity contribution in [2.45, 2.75) is 44.6 Å². The summed E-state index contributed by atoms with van der Waals surface area (Å²) in [4.78, 5) is 29.9. The molecule has 2 fully saturated rings. The fraction of sp³-hybridized carbons (Fsp3) is 0.440. The Morgan fingerprint density at radius 3 is 1.79 bits per heavy atom. The van der Waals surface area contributed by atoms with E-state index in [4.69, 9.17) is 18.9 Å². The summed E-state index contributed by atoms with van der Waals surface area (Å²) in [7, 11) is 3.19. The predicted molar refractivity (Wildman–Crippen MR) is 124 cm³/mol. The average molecular weight is 455 g/mol. The molecule has 8 heteroatoms. The van der Waals surface area contributed by atoms with Crippen molar-refractivity contribution in [2.24, 2.45) is 0 Å². The Bertz CT molecular complexity index is 1010. The molecule has 2 amide bonds. The summed E-state index contributed by atoms with van der Waals surface area (Å²) in [6.45, 7) is 6.44. The van der Waals surface area contributed by atoms with Gasteiger partial charge in [-0.25, -0.2) is 0 Å². The minimum Gasteiger partial charge on any atom is -0.497 e. The molecule has 0 N–H and O–H groups in total. The Morgan fingerprint density at radius 1 is 0.788 bits per heavy atom. The molecule has 0 spiro atoms. The number of ether oxygens (including phenoxy) is 4. The van der Waals surface area contributed by atoms with Crippen LogP contribution in [0.15, 0.2) is 48.5 Å². The van der Waals surface area contributed by atoms with Crippen LogP contribution in [0.5, 0.6) is 11.5 Å². The molecule has 4 atom stereocenters. The van der Waals surface area contributed by atoms with Crippen LogP contribution in [0.25, 0.3) is 0 Å². The molecule has 4 rings (SSSR count). The second kappa shape index (κ2) is 9.03. The van der Waals surface area contributed by atoms with Gasteiger partial charge in [-0.2, -0.15) is 0 Å². The molecular formula is C25H30N2O6. The van der Waals surface area contributed by atoms with E-state index in [9.17, 15) is 9.59 Å². The highest BCUT2D eigenvalue weighted by Gasteiger charge is 2.70. The molecule has 0 aromatic heterocycles. The summed E-state index contributed by atoms with van der Waals surface area (Å²) in [6, 6.07) is 14.2. The number of carbonyl (C=O) groups is 2. The third-order valence-corrected chi connectivity index (χ3v) is 6.46. The Hall–Kier alpha value is -3.10. The van der Waals surface area contributed by atoms with Gasteiger partial charge in [0.05, 0.1) is 20.3 Å². The standard InChI is InChI=1S/C25H30N2O6/c1-6-32-20-21(26(23(20)28)16-8-12-18(30-4)13-9-16)25(3)22(33-7-2)24(29)27(25)17-10-14-19(31-5)15-11-17/h8-15,20-22H,6-7H2,1-5H3/t20-,21-,22+,25+/m0/s1. The number of β-lactam (4-membered cyclic amide) rings is 2. The van der Waals surface area contributed by atoms with Gasteiger partial charge in [-0.05, 0) is 69.3 Å². The number of methoxy groups -OCH3 is 2. The molecule has 2 aromatic rings. The van der Waals surface area contributed by atoms with Gasteiger partial charge < -0.3 is 23.8 Å². The van der Waals surface area contributed by atoms with Crippen LogP contribution < -0.4 is 19.3 Å². The quantitative estimate of drug-likeness (QED) is 0.542. The van der Waals surface area contributed by atoms with E-state index >= 15 is 0 Å². The third-order valence-electron chi connectivity index (χ3n) is 6.46. The second-order valence-corrected chi connectivity index (χ2v) is 8.16. The maximum Gasteiger partial charge on any atom is 0.259 e. The first-order valence-corrected chi connectivity index (χ1v) is 11.1. The molecule has 2 saturated heterocycles. The molecule has 0 aliphatic carbocycles. The fourth-order valence-electron chi connectivity index (χ4n) is 4.89. The number of benzene rings is 2. The Labute approximate surface area is 194 Å². The van der Waals surface area contributed by atoms with Crippen molar-refractivity contribution in [3.8, 4) is 11.5 Å². The molecule has 0 saturated carbocycles. The number of carbonyl (C=O) groups excluding carboxylic acids is 2. The van der Waals surface area contributed by atoms with Crippen molar-refractivity contribution >= 4 is 23.2 Å². The van der Waals surface area contributed by atoms with Gasteiger partial charge in [0, 0.05) is 24.6 Å². The molecule has 8 nitrogen and oxygen atoms in total. The minimum atomic E-state index is -0.838. The van der Waals surface area contributed by atoms with Crippen molar-refractivity contribution in [3.63, 3.8) is 0 Å². The van der Waals surface area contributed by atoms with Gasteiger partial charge >= 0.3 is 0 Å². The molecule has 0 radical (unpaired) electrons. The highest BCUT2D eigenvalue weighted by Crippen LogP contribution is 2.49. The summed E-state index contributed by atoms with van der Waals surface area (Å²) >= 11 is 0. The predicted octanol–water partition coefficient (Wildman–Crippen LogP) is 3.03. The molecule has 2 aliphatic rings. The van der Waals surface area contributed by atoms with Crippen LogP contribution in [-0.4, -0.2) is 63.0 Å². The van der Waals surface area contributed by atoms with E-state index < -0.39 is 23.8 Å². The molecule has 2 aromatic carbocycles. The van der Waals surface area contributed by atoms with Crippen LogP contribution in [0.4, 0.5) is 11.4 Å². The molecular weight excluding hydrogens is 424 g/mol. The van der Waals surface area contributed by atoms with E-state index in [1.54, 1.807) is 24.0 Å². The van der Waals surface area contributed by atoms with Crippen molar-refractivity contribution in [2.75, 3.05) is 37.2 Å². The van der Waals surface area contributed by atoms with Crippen LogP contribution in [0.2, 0.25) is 0 Å². The number of rotatable bonds is 9. The maximum absolute atomic E-state index is 13.2. The summed E-state index contributed by atoms with van der Waals surface area (Å²) in [6.07, 6.45) is -1.38. The molecule has 176 valence electrons. The lowest BCUT2D eigenvalue weighted by molar-refractivity contribution is -0.165. The molecule has 33 heavy (non-hydrogen) atoms. The zero-order valence-corrected chi connectivity index (χ0v) is 19.6. The summed E-state index contributed by atoms with van der Waals surface area (Å²) in [5.41, 5.74) is 0.589. The first kappa shape index (κ1) is 23.1. The van der Waals surface area contributed by atoms with Gasteiger partial charge in [0.1, 0.15) is 17.0 Å². The van der Waals surface area contributed by atoms with Gasteiger partial charge in [0.25, 0.3) is 11.8 Å². The van der Waals surface area contributed by atoms with Crippen molar-refractivity contribution < 1.29 is 28.5 Å². The average Bonchev–Trinajstić information content (AvgIpc) is 2.84. The first-order chi connectivity index (χ1) is 15.9.